The largest absolute Gasteiger partial charge is 0.383 e. The molecule has 0 bridgehead atoms. The van der Waals surface area contributed by atoms with Gasteiger partial charge in [0.2, 0.25) is 0 Å². The van der Waals surface area contributed by atoms with Crippen molar-refractivity contribution in [3.05, 3.63) is 16.6 Å². The molecule has 5 nitrogen and oxygen atoms in total. The van der Waals surface area contributed by atoms with E-state index in [0.717, 1.165) is 50.3 Å². The summed E-state index contributed by atoms with van der Waals surface area (Å²) in [5.74, 6) is 0.138. The van der Waals surface area contributed by atoms with Crippen LogP contribution in [0.1, 0.15) is 28.9 Å². The van der Waals surface area contributed by atoms with E-state index in [0.29, 0.717) is 6.04 Å². The summed E-state index contributed by atoms with van der Waals surface area (Å²) in [4.78, 5) is 16.8. The molecule has 1 aromatic heterocycles. The van der Waals surface area contributed by atoms with Gasteiger partial charge in [0, 0.05) is 38.2 Å². The van der Waals surface area contributed by atoms with Gasteiger partial charge in [-0.2, -0.15) is 4.37 Å². The van der Waals surface area contributed by atoms with Gasteiger partial charge >= 0.3 is 0 Å². The van der Waals surface area contributed by atoms with Gasteiger partial charge in [0.1, 0.15) is 0 Å². The number of methoxy groups -OCH3 is 1. The second kappa shape index (κ2) is 7.15. The number of hydrogen-bond donors (Lipinski definition) is 0. The Morgan fingerprint density at radius 1 is 1.65 bits per heavy atom. The lowest BCUT2D eigenvalue weighted by Gasteiger charge is -2.28. The molecule has 112 valence electrons. The van der Waals surface area contributed by atoms with Gasteiger partial charge in [-0.3, -0.25) is 4.79 Å². The number of aryl methyl sites for hydroxylation is 1. The maximum absolute atomic E-state index is 12.6. The third kappa shape index (κ3) is 3.56. The van der Waals surface area contributed by atoms with Crippen LogP contribution in [0.4, 0.5) is 0 Å². The zero-order chi connectivity index (χ0) is 14.5. The Morgan fingerprint density at radius 3 is 3.10 bits per heavy atom. The highest BCUT2D eigenvalue weighted by Crippen LogP contribution is 2.22. The van der Waals surface area contributed by atoms with Gasteiger partial charge in [-0.1, -0.05) is 0 Å². The van der Waals surface area contributed by atoms with Gasteiger partial charge < -0.3 is 14.5 Å². The molecule has 1 aliphatic heterocycles. The molecule has 2 heterocycles. The van der Waals surface area contributed by atoms with E-state index in [1.165, 1.54) is 11.5 Å². The molecule has 6 heteroatoms. The van der Waals surface area contributed by atoms with Crippen molar-refractivity contribution >= 4 is 17.4 Å². The fourth-order valence-electron chi connectivity index (χ4n) is 2.64. The number of aromatic nitrogens is 1. The summed E-state index contributed by atoms with van der Waals surface area (Å²) in [6, 6.07) is 0.309. The number of rotatable bonds is 6. The molecule has 1 aliphatic rings. The molecule has 0 N–H and O–H groups in total. The predicted octanol–water partition coefficient (Wildman–Crippen LogP) is 1.63. The Balaban J connectivity index is 1.97. The van der Waals surface area contributed by atoms with Crippen LogP contribution in [0.2, 0.25) is 0 Å². The van der Waals surface area contributed by atoms with E-state index in [-0.39, 0.29) is 5.91 Å². The van der Waals surface area contributed by atoms with Gasteiger partial charge in [-0.25, -0.2) is 0 Å². The van der Waals surface area contributed by atoms with Crippen molar-refractivity contribution in [2.45, 2.75) is 25.8 Å². The molecular weight excluding hydrogens is 274 g/mol. The zero-order valence-corrected chi connectivity index (χ0v) is 13.3. The predicted molar refractivity (Wildman–Crippen MR) is 80.3 cm³/mol. The third-order valence-corrected chi connectivity index (χ3v) is 4.54. The molecule has 2 rings (SSSR count). The quantitative estimate of drug-likeness (QED) is 0.801. The normalized spacial score (nSPS) is 19.0. The number of hydrogen-bond acceptors (Lipinski definition) is 5. The lowest BCUT2D eigenvalue weighted by atomic mass is 10.2. The average Bonchev–Trinajstić information content (AvgIpc) is 3.04. The second-order valence-corrected chi connectivity index (χ2v) is 5.99. The Kier molecular flexibility index (Phi) is 5.51. The van der Waals surface area contributed by atoms with Crippen molar-refractivity contribution in [1.29, 1.82) is 0 Å². The van der Waals surface area contributed by atoms with Crippen molar-refractivity contribution in [2.75, 3.05) is 40.4 Å². The first-order valence-electron chi connectivity index (χ1n) is 7.03. The van der Waals surface area contributed by atoms with Crippen LogP contribution in [-0.2, 0) is 4.74 Å². The number of carbonyl (C=O) groups is 1. The summed E-state index contributed by atoms with van der Waals surface area (Å²) in [7, 11) is 3.79. The molecule has 0 spiro atoms. The maximum atomic E-state index is 12.6. The lowest BCUT2D eigenvalue weighted by Crippen LogP contribution is -2.43. The highest BCUT2D eigenvalue weighted by molar-refractivity contribution is 7.03. The second-order valence-electron chi connectivity index (χ2n) is 5.36. The van der Waals surface area contributed by atoms with Crippen molar-refractivity contribution < 1.29 is 9.53 Å². The van der Waals surface area contributed by atoms with Crippen molar-refractivity contribution in [3.8, 4) is 0 Å². The van der Waals surface area contributed by atoms with E-state index in [2.05, 4.69) is 16.3 Å². The molecule has 0 aliphatic carbocycles. The number of carbonyl (C=O) groups excluding carboxylic acids is 1. The third-order valence-electron chi connectivity index (χ3n) is 3.82. The van der Waals surface area contributed by atoms with Crippen LogP contribution in [-0.4, -0.2) is 66.5 Å². The molecule has 1 atom stereocenters. The molecule has 20 heavy (non-hydrogen) atoms. The first-order chi connectivity index (χ1) is 9.63. The topological polar surface area (TPSA) is 45.7 Å². The standard InChI is InChI=1S/C14H23N3O2S/c1-11-13(10-20-15-11)14(18)17-6-4-5-12(17)9-16(2)7-8-19-3/h10,12H,4-9H2,1-3H3. The van der Waals surface area contributed by atoms with Crippen LogP contribution in [0.15, 0.2) is 5.38 Å². The van der Waals surface area contributed by atoms with Crippen LogP contribution in [0.25, 0.3) is 0 Å². The van der Waals surface area contributed by atoms with Crippen molar-refractivity contribution in [3.63, 3.8) is 0 Å². The summed E-state index contributed by atoms with van der Waals surface area (Å²) >= 11 is 1.36. The Morgan fingerprint density at radius 2 is 2.45 bits per heavy atom. The number of amides is 1. The van der Waals surface area contributed by atoms with Crippen LogP contribution in [0.3, 0.4) is 0 Å². The SMILES string of the molecule is COCCN(C)CC1CCCN1C(=O)c1csnc1C. The van der Waals surface area contributed by atoms with E-state index in [4.69, 9.17) is 4.74 Å². The number of likely N-dealkylation sites (N-methyl/N-ethyl adjacent to an activating group) is 1. The Hall–Kier alpha value is -0.980. The number of nitrogens with zero attached hydrogens (tertiary/aromatic N) is 3. The van der Waals surface area contributed by atoms with Crippen LogP contribution in [0.5, 0.6) is 0 Å². The zero-order valence-electron chi connectivity index (χ0n) is 12.5. The molecule has 1 unspecified atom stereocenters. The summed E-state index contributed by atoms with van der Waals surface area (Å²) in [5.41, 5.74) is 1.61. The monoisotopic (exact) mass is 297 g/mol. The Bertz CT molecular complexity index is 449. The van der Waals surface area contributed by atoms with Crippen LogP contribution < -0.4 is 0 Å². The fourth-order valence-corrected chi connectivity index (χ4v) is 3.33. The van der Waals surface area contributed by atoms with Crippen LogP contribution >= 0.6 is 11.5 Å². The van der Waals surface area contributed by atoms with Crippen molar-refractivity contribution in [1.82, 2.24) is 14.2 Å². The molecule has 1 amide bonds. The summed E-state index contributed by atoms with van der Waals surface area (Å²) < 4.78 is 9.30. The molecule has 0 radical (unpaired) electrons. The van der Waals surface area contributed by atoms with E-state index < -0.39 is 0 Å². The minimum atomic E-state index is 0.138. The highest BCUT2D eigenvalue weighted by Gasteiger charge is 2.31. The molecule has 1 aromatic rings. The van der Waals surface area contributed by atoms with E-state index >= 15 is 0 Å². The van der Waals surface area contributed by atoms with Gasteiger partial charge in [0.05, 0.1) is 17.9 Å². The molecule has 0 saturated carbocycles. The summed E-state index contributed by atoms with van der Waals surface area (Å²) in [6.45, 7) is 5.29. The van der Waals surface area contributed by atoms with E-state index in [1.807, 2.05) is 17.2 Å². The first-order valence-corrected chi connectivity index (χ1v) is 7.86. The smallest absolute Gasteiger partial charge is 0.256 e. The molecule has 0 aromatic carbocycles. The molecule has 1 saturated heterocycles. The van der Waals surface area contributed by atoms with E-state index in [1.54, 1.807) is 7.11 Å². The number of likely N-dealkylation sites (tertiary alicyclic amines) is 1. The summed E-state index contributed by atoms with van der Waals surface area (Å²) in [6.07, 6.45) is 2.17. The highest BCUT2D eigenvalue weighted by atomic mass is 32.1. The fraction of sp³-hybridized carbons (Fsp3) is 0.714. The number of ether oxygens (including phenoxy) is 1. The van der Waals surface area contributed by atoms with Gasteiger partial charge in [0.15, 0.2) is 0 Å². The minimum Gasteiger partial charge on any atom is -0.383 e. The maximum Gasteiger partial charge on any atom is 0.256 e. The minimum absolute atomic E-state index is 0.138. The average molecular weight is 297 g/mol. The van der Waals surface area contributed by atoms with Gasteiger partial charge in [-0.05, 0) is 38.3 Å². The molecule has 1 fully saturated rings. The van der Waals surface area contributed by atoms with E-state index in [9.17, 15) is 4.79 Å². The Labute approximate surface area is 124 Å². The van der Waals surface area contributed by atoms with Gasteiger partial charge in [0.25, 0.3) is 5.91 Å². The van der Waals surface area contributed by atoms with Gasteiger partial charge in [-0.15, -0.1) is 0 Å². The van der Waals surface area contributed by atoms with Crippen molar-refractivity contribution in [2.24, 2.45) is 0 Å². The van der Waals surface area contributed by atoms with Crippen LogP contribution in [0, 0.1) is 6.92 Å². The summed E-state index contributed by atoms with van der Waals surface area (Å²) in [5, 5.41) is 1.86. The first kappa shape index (κ1) is 15.4. The lowest BCUT2D eigenvalue weighted by molar-refractivity contribution is 0.0697. The molecular formula is C14H23N3O2S.